The quantitative estimate of drug-likeness (QED) is 0.706. The van der Waals surface area contributed by atoms with E-state index in [-0.39, 0.29) is 10.8 Å². The summed E-state index contributed by atoms with van der Waals surface area (Å²) >= 11 is 5.82. The fourth-order valence-electron chi connectivity index (χ4n) is 1.27. The van der Waals surface area contributed by atoms with Crippen LogP contribution in [-0.4, -0.2) is 21.1 Å². The van der Waals surface area contributed by atoms with Gasteiger partial charge in [0.05, 0.1) is 17.1 Å². The Morgan fingerprint density at radius 2 is 2.35 bits per heavy atom. The third-order valence-electron chi connectivity index (χ3n) is 2.22. The molecule has 0 aliphatic rings. The maximum absolute atomic E-state index is 11.8. The molecule has 17 heavy (non-hydrogen) atoms. The molecule has 6 nitrogen and oxygen atoms in total. The van der Waals surface area contributed by atoms with E-state index in [2.05, 4.69) is 20.5 Å². The minimum Gasteiger partial charge on any atom is -0.395 e. The number of pyridine rings is 1. The smallest absolute Gasteiger partial charge is 0.278 e. The topological polar surface area (TPSA) is 96.7 Å². The molecule has 0 aliphatic carbocycles. The molecule has 0 fully saturated rings. The number of nitrogens with two attached hydrogens (primary N) is 1. The van der Waals surface area contributed by atoms with Gasteiger partial charge in [-0.2, -0.15) is 5.10 Å². The van der Waals surface area contributed by atoms with Crippen LogP contribution in [0.2, 0.25) is 5.15 Å². The molecule has 0 unspecified atom stereocenters. The summed E-state index contributed by atoms with van der Waals surface area (Å²) in [5.41, 5.74) is 7.22. The lowest BCUT2D eigenvalue weighted by Crippen LogP contribution is -2.14. The molecule has 2 aromatic heterocycles. The van der Waals surface area contributed by atoms with Crippen molar-refractivity contribution in [3.8, 4) is 0 Å². The van der Waals surface area contributed by atoms with Crippen LogP contribution in [0.3, 0.4) is 0 Å². The summed E-state index contributed by atoms with van der Waals surface area (Å²) in [6.07, 6.45) is 1.53. The number of hydrogen-bond donors (Lipinski definition) is 3. The van der Waals surface area contributed by atoms with E-state index in [1.54, 1.807) is 19.1 Å². The van der Waals surface area contributed by atoms with E-state index in [9.17, 15) is 4.79 Å². The summed E-state index contributed by atoms with van der Waals surface area (Å²) in [6, 6.07) is 3.31. The largest absolute Gasteiger partial charge is 0.395 e. The third kappa shape index (κ3) is 2.21. The number of halogens is 1. The van der Waals surface area contributed by atoms with Crippen LogP contribution < -0.4 is 11.1 Å². The Bertz CT molecular complexity index is 566. The molecule has 88 valence electrons. The molecule has 4 N–H and O–H groups in total. The van der Waals surface area contributed by atoms with Crippen LogP contribution in [0.5, 0.6) is 0 Å². The summed E-state index contributed by atoms with van der Waals surface area (Å²) in [5.74, 6) is -0.429. The first-order valence-electron chi connectivity index (χ1n) is 4.82. The lowest BCUT2D eigenvalue weighted by Gasteiger charge is -2.04. The molecule has 0 bridgehead atoms. The summed E-state index contributed by atoms with van der Waals surface area (Å²) in [7, 11) is 0. The Kier molecular flexibility index (Phi) is 2.97. The Morgan fingerprint density at radius 3 is 2.94 bits per heavy atom. The number of hydrogen-bond acceptors (Lipinski definition) is 4. The standard InChI is InChI=1S/C10H10ClN5O/c1-5-7(12)8(16-15-5)10(17)14-6-3-2-4-13-9(6)11/h2-4H,12H2,1H3,(H,14,17)(H,15,16). The van der Waals surface area contributed by atoms with Gasteiger partial charge in [0, 0.05) is 6.20 Å². The summed E-state index contributed by atoms with van der Waals surface area (Å²) in [6.45, 7) is 1.73. The van der Waals surface area contributed by atoms with Crippen LogP contribution in [-0.2, 0) is 0 Å². The molecule has 0 atom stereocenters. The lowest BCUT2D eigenvalue weighted by molar-refractivity contribution is 0.102. The van der Waals surface area contributed by atoms with Crippen LogP contribution in [0.25, 0.3) is 0 Å². The number of carbonyl (C=O) groups excluding carboxylic acids is 1. The predicted molar refractivity (Wildman–Crippen MR) is 64.9 cm³/mol. The van der Waals surface area contributed by atoms with Gasteiger partial charge in [-0.25, -0.2) is 4.98 Å². The van der Waals surface area contributed by atoms with Crippen LogP contribution in [0.15, 0.2) is 18.3 Å². The molecule has 0 radical (unpaired) electrons. The summed E-state index contributed by atoms with van der Waals surface area (Å²) in [4.78, 5) is 15.7. The van der Waals surface area contributed by atoms with Gasteiger partial charge in [0.25, 0.3) is 5.91 Å². The van der Waals surface area contributed by atoms with Gasteiger partial charge >= 0.3 is 0 Å². The second-order valence-electron chi connectivity index (χ2n) is 3.41. The fraction of sp³-hybridized carbons (Fsp3) is 0.100. The highest BCUT2D eigenvalue weighted by Gasteiger charge is 2.16. The lowest BCUT2D eigenvalue weighted by atomic mass is 10.3. The van der Waals surface area contributed by atoms with Crippen molar-refractivity contribution in [2.45, 2.75) is 6.92 Å². The molecule has 0 aromatic carbocycles. The molecule has 0 aliphatic heterocycles. The van der Waals surface area contributed by atoms with Gasteiger partial charge in [0.2, 0.25) is 0 Å². The number of aromatic amines is 1. The number of anilines is 2. The molecular formula is C10H10ClN5O. The number of aryl methyl sites for hydroxylation is 1. The minimum absolute atomic E-state index is 0.141. The van der Waals surface area contributed by atoms with Gasteiger partial charge < -0.3 is 11.1 Å². The predicted octanol–water partition coefficient (Wildman–Crippen LogP) is 1.60. The van der Waals surface area contributed by atoms with E-state index >= 15 is 0 Å². The Labute approximate surface area is 102 Å². The molecule has 2 heterocycles. The van der Waals surface area contributed by atoms with Crippen molar-refractivity contribution < 1.29 is 4.79 Å². The monoisotopic (exact) mass is 251 g/mol. The SMILES string of the molecule is Cc1[nH]nc(C(=O)Nc2cccnc2Cl)c1N. The van der Waals surface area contributed by atoms with Gasteiger partial charge in [0.1, 0.15) is 0 Å². The van der Waals surface area contributed by atoms with Gasteiger partial charge in [-0.05, 0) is 19.1 Å². The van der Waals surface area contributed by atoms with Gasteiger partial charge in [0.15, 0.2) is 10.8 Å². The Morgan fingerprint density at radius 1 is 1.59 bits per heavy atom. The van der Waals surface area contributed by atoms with Crippen molar-refractivity contribution in [1.29, 1.82) is 0 Å². The van der Waals surface area contributed by atoms with Gasteiger partial charge in [-0.1, -0.05) is 11.6 Å². The maximum Gasteiger partial charge on any atom is 0.278 e. The van der Waals surface area contributed by atoms with Crippen molar-refractivity contribution in [2.75, 3.05) is 11.1 Å². The first-order valence-corrected chi connectivity index (χ1v) is 5.19. The molecule has 2 rings (SSSR count). The van der Waals surface area contributed by atoms with Crippen molar-refractivity contribution in [3.05, 3.63) is 34.9 Å². The first-order chi connectivity index (χ1) is 8.09. The zero-order valence-electron chi connectivity index (χ0n) is 8.99. The number of rotatable bonds is 2. The van der Waals surface area contributed by atoms with Crippen LogP contribution >= 0.6 is 11.6 Å². The average Bonchev–Trinajstić information content (AvgIpc) is 2.63. The number of nitrogens with zero attached hydrogens (tertiary/aromatic N) is 2. The van der Waals surface area contributed by atoms with Crippen molar-refractivity contribution in [3.63, 3.8) is 0 Å². The average molecular weight is 252 g/mol. The normalized spacial score (nSPS) is 10.2. The Balaban J connectivity index is 2.23. The van der Waals surface area contributed by atoms with Gasteiger partial charge in [-0.15, -0.1) is 0 Å². The van der Waals surface area contributed by atoms with Crippen LogP contribution in [0.4, 0.5) is 11.4 Å². The van der Waals surface area contributed by atoms with Crippen molar-refractivity contribution >= 4 is 28.9 Å². The highest BCUT2D eigenvalue weighted by Crippen LogP contribution is 2.20. The molecule has 7 heteroatoms. The Hall–Kier alpha value is -2.08. The summed E-state index contributed by atoms with van der Waals surface area (Å²) in [5, 5.41) is 9.25. The molecule has 0 saturated heterocycles. The van der Waals surface area contributed by atoms with E-state index in [0.717, 1.165) is 0 Å². The molecule has 1 amide bonds. The summed E-state index contributed by atoms with van der Waals surface area (Å²) < 4.78 is 0. The highest BCUT2D eigenvalue weighted by atomic mass is 35.5. The number of aromatic nitrogens is 3. The zero-order valence-corrected chi connectivity index (χ0v) is 9.75. The second kappa shape index (κ2) is 4.42. The maximum atomic E-state index is 11.8. The van der Waals surface area contributed by atoms with E-state index in [1.165, 1.54) is 6.20 Å². The number of amides is 1. The fourth-order valence-corrected chi connectivity index (χ4v) is 1.44. The van der Waals surface area contributed by atoms with E-state index in [1.807, 2.05) is 0 Å². The van der Waals surface area contributed by atoms with Crippen molar-refractivity contribution in [1.82, 2.24) is 15.2 Å². The molecule has 2 aromatic rings. The number of H-pyrrole nitrogens is 1. The molecule has 0 spiro atoms. The van der Waals surface area contributed by atoms with E-state index < -0.39 is 5.91 Å². The van der Waals surface area contributed by atoms with Gasteiger partial charge in [-0.3, -0.25) is 9.89 Å². The number of carbonyl (C=O) groups is 1. The van der Waals surface area contributed by atoms with Crippen molar-refractivity contribution in [2.24, 2.45) is 0 Å². The molecule has 0 saturated carbocycles. The third-order valence-corrected chi connectivity index (χ3v) is 2.52. The number of nitrogen functional groups attached to an aromatic ring is 1. The minimum atomic E-state index is -0.429. The number of nitrogens with one attached hydrogen (secondary N) is 2. The van der Waals surface area contributed by atoms with Crippen LogP contribution in [0, 0.1) is 6.92 Å². The molecular weight excluding hydrogens is 242 g/mol. The second-order valence-corrected chi connectivity index (χ2v) is 3.76. The van der Waals surface area contributed by atoms with E-state index in [4.69, 9.17) is 17.3 Å². The first kappa shape index (κ1) is 11.4. The zero-order chi connectivity index (χ0) is 12.4. The highest BCUT2D eigenvalue weighted by molar-refractivity contribution is 6.32. The van der Waals surface area contributed by atoms with E-state index in [0.29, 0.717) is 17.1 Å². The van der Waals surface area contributed by atoms with Crippen LogP contribution in [0.1, 0.15) is 16.2 Å².